The number of carbonyl (C=O) groups is 2. The van der Waals surface area contributed by atoms with E-state index in [1.807, 2.05) is 62.1 Å². The molecule has 184 valence electrons. The molecule has 1 fully saturated rings. The summed E-state index contributed by atoms with van der Waals surface area (Å²) in [5, 5.41) is 5.80. The van der Waals surface area contributed by atoms with Crippen LogP contribution in [-0.4, -0.2) is 72.6 Å². The molecule has 1 saturated heterocycles. The molecule has 2 N–H and O–H groups in total. The first-order valence-corrected chi connectivity index (χ1v) is 12.0. The number of para-hydroxylation sites is 1. The van der Waals surface area contributed by atoms with E-state index in [0.717, 1.165) is 60.9 Å². The average Bonchev–Trinajstić information content (AvgIpc) is 2.80. The first-order chi connectivity index (χ1) is 16.4. The van der Waals surface area contributed by atoms with Crippen LogP contribution in [0.4, 0.5) is 10.5 Å². The van der Waals surface area contributed by atoms with Crippen molar-refractivity contribution in [2.75, 3.05) is 45.2 Å². The summed E-state index contributed by atoms with van der Waals surface area (Å²) in [4.78, 5) is 33.9. The average molecular weight is 468 g/mol. The van der Waals surface area contributed by atoms with Crippen molar-refractivity contribution in [2.45, 2.75) is 46.1 Å². The molecule has 1 aromatic heterocycles. The Morgan fingerprint density at radius 3 is 2.47 bits per heavy atom. The molecule has 0 bridgehead atoms. The lowest BCUT2D eigenvalue weighted by Gasteiger charge is -2.38. The van der Waals surface area contributed by atoms with E-state index in [-0.39, 0.29) is 18.0 Å². The van der Waals surface area contributed by atoms with Gasteiger partial charge in [0, 0.05) is 61.4 Å². The minimum Gasteiger partial charge on any atom is -0.496 e. The molecule has 0 atom stereocenters. The number of pyridine rings is 1. The van der Waals surface area contributed by atoms with E-state index >= 15 is 0 Å². The van der Waals surface area contributed by atoms with Crippen LogP contribution in [0.3, 0.4) is 0 Å². The quantitative estimate of drug-likeness (QED) is 0.590. The van der Waals surface area contributed by atoms with Gasteiger partial charge in [-0.2, -0.15) is 0 Å². The molecule has 0 unspecified atom stereocenters. The number of carbonyl (C=O) groups excluding carboxylic acids is 2. The number of aromatic nitrogens is 1. The smallest absolute Gasteiger partial charge is 0.319 e. The summed E-state index contributed by atoms with van der Waals surface area (Å²) in [6.07, 6.45) is 2.23. The number of benzene rings is 1. The Morgan fingerprint density at radius 1 is 1.15 bits per heavy atom. The molecule has 3 rings (SSSR count). The van der Waals surface area contributed by atoms with E-state index < -0.39 is 0 Å². The standard InChI is InChI=1S/C26H37N5O3/c1-5-31(25(32)18-21-8-6-7-9-24(21)34-4)23-10-13-30(14-11-23)15-12-27-26(33)29-22-16-19(2)28-20(3)17-22/h6-9,16-17,23H,5,10-15,18H2,1-4H3,(H2,27,28,29,33). The van der Waals surface area contributed by atoms with Crippen molar-refractivity contribution in [1.82, 2.24) is 20.1 Å². The summed E-state index contributed by atoms with van der Waals surface area (Å²) < 4.78 is 5.40. The number of hydrogen-bond acceptors (Lipinski definition) is 5. The fourth-order valence-corrected chi connectivity index (χ4v) is 4.62. The molecule has 8 nitrogen and oxygen atoms in total. The van der Waals surface area contributed by atoms with Crippen LogP contribution in [0.15, 0.2) is 36.4 Å². The Bertz CT molecular complexity index is 952. The number of hydrogen-bond donors (Lipinski definition) is 2. The molecule has 0 saturated carbocycles. The van der Waals surface area contributed by atoms with Crippen molar-refractivity contribution in [3.05, 3.63) is 53.3 Å². The Hall–Kier alpha value is -3.13. The molecule has 2 heterocycles. The number of methoxy groups -OCH3 is 1. The third kappa shape index (κ3) is 7.18. The number of likely N-dealkylation sites (tertiary alicyclic amines) is 1. The number of piperidine rings is 1. The molecule has 0 radical (unpaired) electrons. The Morgan fingerprint density at radius 2 is 1.82 bits per heavy atom. The molecule has 3 amide bonds. The number of nitrogens with zero attached hydrogens (tertiary/aromatic N) is 3. The van der Waals surface area contributed by atoms with Gasteiger partial charge < -0.3 is 25.2 Å². The minimum absolute atomic E-state index is 0.144. The van der Waals surface area contributed by atoms with Crippen LogP contribution >= 0.6 is 0 Å². The van der Waals surface area contributed by atoms with Crippen molar-refractivity contribution in [1.29, 1.82) is 0 Å². The van der Waals surface area contributed by atoms with Gasteiger partial charge in [-0.1, -0.05) is 18.2 Å². The second kappa shape index (κ2) is 12.4. The summed E-state index contributed by atoms with van der Waals surface area (Å²) in [5.74, 6) is 0.901. The maximum absolute atomic E-state index is 13.0. The van der Waals surface area contributed by atoms with Gasteiger partial charge in [-0.25, -0.2) is 4.79 Å². The largest absolute Gasteiger partial charge is 0.496 e. The van der Waals surface area contributed by atoms with Gasteiger partial charge in [0.25, 0.3) is 0 Å². The maximum Gasteiger partial charge on any atom is 0.319 e. The zero-order valence-electron chi connectivity index (χ0n) is 20.8. The van der Waals surface area contributed by atoms with Crippen molar-refractivity contribution >= 4 is 17.6 Å². The second-order valence-electron chi connectivity index (χ2n) is 8.76. The number of likely N-dealkylation sites (N-methyl/N-ethyl adjacent to an activating group) is 1. The second-order valence-corrected chi connectivity index (χ2v) is 8.76. The Labute approximate surface area is 202 Å². The van der Waals surface area contributed by atoms with E-state index in [4.69, 9.17) is 4.74 Å². The number of aryl methyl sites for hydroxylation is 2. The molecule has 1 aromatic carbocycles. The van der Waals surface area contributed by atoms with Crippen LogP contribution < -0.4 is 15.4 Å². The van der Waals surface area contributed by atoms with Crippen LogP contribution in [0.1, 0.15) is 36.7 Å². The van der Waals surface area contributed by atoms with Gasteiger partial charge in [0.1, 0.15) is 5.75 Å². The summed E-state index contributed by atoms with van der Waals surface area (Å²) in [5.41, 5.74) is 3.43. The van der Waals surface area contributed by atoms with Crippen LogP contribution in [0, 0.1) is 13.8 Å². The van der Waals surface area contributed by atoms with E-state index in [1.54, 1.807) is 7.11 Å². The van der Waals surface area contributed by atoms with E-state index in [2.05, 4.69) is 20.5 Å². The van der Waals surface area contributed by atoms with Crippen LogP contribution in [0.5, 0.6) is 5.75 Å². The number of amides is 3. The highest BCUT2D eigenvalue weighted by atomic mass is 16.5. The molecule has 8 heteroatoms. The predicted octanol–water partition coefficient (Wildman–Crippen LogP) is 3.38. The summed E-state index contributed by atoms with van der Waals surface area (Å²) in [6, 6.07) is 11.4. The SMILES string of the molecule is CCN(C(=O)Cc1ccccc1OC)C1CCN(CCNC(=O)Nc2cc(C)nc(C)c2)CC1. The monoisotopic (exact) mass is 467 g/mol. The summed E-state index contributed by atoms with van der Waals surface area (Å²) in [7, 11) is 1.64. The van der Waals surface area contributed by atoms with Gasteiger partial charge in [0.15, 0.2) is 0 Å². The van der Waals surface area contributed by atoms with Crippen molar-refractivity contribution < 1.29 is 14.3 Å². The highest BCUT2D eigenvalue weighted by Gasteiger charge is 2.27. The van der Waals surface area contributed by atoms with Gasteiger partial charge in [-0.05, 0) is 51.8 Å². The Balaban J connectivity index is 1.41. The molecular weight excluding hydrogens is 430 g/mol. The van der Waals surface area contributed by atoms with Gasteiger partial charge >= 0.3 is 6.03 Å². The highest BCUT2D eigenvalue weighted by molar-refractivity contribution is 5.89. The lowest BCUT2D eigenvalue weighted by Crippen LogP contribution is -2.49. The molecule has 34 heavy (non-hydrogen) atoms. The zero-order valence-corrected chi connectivity index (χ0v) is 20.8. The molecule has 0 aliphatic carbocycles. The maximum atomic E-state index is 13.0. The van der Waals surface area contributed by atoms with Crippen molar-refractivity contribution in [2.24, 2.45) is 0 Å². The lowest BCUT2D eigenvalue weighted by molar-refractivity contribution is -0.133. The molecule has 1 aliphatic heterocycles. The normalized spacial score (nSPS) is 14.5. The fourth-order valence-electron chi connectivity index (χ4n) is 4.62. The molecule has 1 aliphatic rings. The number of urea groups is 1. The topological polar surface area (TPSA) is 86.8 Å². The van der Waals surface area contributed by atoms with Gasteiger partial charge in [0.2, 0.25) is 5.91 Å². The first kappa shape index (κ1) is 25.5. The third-order valence-electron chi connectivity index (χ3n) is 6.25. The van der Waals surface area contributed by atoms with Crippen LogP contribution in [0.25, 0.3) is 0 Å². The Kier molecular flexibility index (Phi) is 9.27. The number of nitrogens with one attached hydrogen (secondary N) is 2. The van der Waals surface area contributed by atoms with Crippen molar-refractivity contribution in [3.8, 4) is 5.75 Å². The van der Waals surface area contributed by atoms with Crippen LogP contribution in [0.2, 0.25) is 0 Å². The number of ether oxygens (including phenoxy) is 1. The van der Waals surface area contributed by atoms with Crippen LogP contribution in [-0.2, 0) is 11.2 Å². The van der Waals surface area contributed by atoms with E-state index in [1.165, 1.54) is 0 Å². The lowest BCUT2D eigenvalue weighted by atomic mass is 10.0. The minimum atomic E-state index is -0.209. The fraction of sp³-hybridized carbons (Fsp3) is 0.500. The number of anilines is 1. The van der Waals surface area contributed by atoms with Crippen molar-refractivity contribution in [3.63, 3.8) is 0 Å². The first-order valence-electron chi connectivity index (χ1n) is 12.0. The van der Waals surface area contributed by atoms with Gasteiger partial charge in [-0.15, -0.1) is 0 Å². The van der Waals surface area contributed by atoms with Gasteiger partial charge in [0.05, 0.1) is 13.5 Å². The summed E-state index contributed by atoms with van der Waals surface area (Å²) >= 11 is 0. The number of rotatable bonds is 9. The third-order valence-corrected chi connectivity index (χ3v) is 6.25. The highest BCUT2D eigenvalue weighted by Crippen LogP contribution is 2.21. The summed E-state index contributed by atoms with van der Waals surface area (Å²) in [6.45, 7) is 9.75. The van der Waals surface area contributed by atoms with Gasteiger partial charge in [-0.3, -0.25) is 9.78 Å². The van der Waals surface area contributed by atoms with E-state index in [9.17, 15) is 9.59 Å². The molecule has 0 spiro atoms. The molecule has 2 aromatic rings. The molecular formula is C26H37N5O3. The predicted molar refractivity (Wildman–Crippen MR) is 134 cm³/mol. The zero-order chi connectivity index (χ0) is 24.5. The van der Waals surface area contributed by atoms with E-state index in [0.29, 0.717) is 19.5 Å².